The summed E-state index contributed by atoms with van der Waals surface area (Å²) in [5.74, 6) is -1.99. The van der Waals surface area contributed by atoms with Gasteiger partial charge in [-0.1, -0.05) is 41.4 Å². The van der Waals surface area contributed by atoms with E-state index >= 15 is 0 Å². The molecule has 0 saturated heterocycles. The van der Waals surface area contributed by atoms with Crippen LogP contribution in [-0.2, 0) is 6.18 Å². The van der Waals surface area contributed by atoms with Gasteiger partial charge < -0.3 is 9.47 Å². The van der Waals surface area contributed by atoms with Crippen LogP contribution < -0.4 is 9.47 Å². The zero-order valence-corrected chi connectivity index (χ0v) is 17.5. The van der Waals surface area contributed by atoms with Crippen molar-refractivity contribution in [1.29, 1.82) is 0 Å². The molecule has 2 aromatic carbocycles. The number of para-hydroxylation sites is 1. The van der Waals surface area contributed by atoms with Gasteiger partial charge in [-0.25, -0.2) is 0 Å². The van der Waals surface area contributed by atoms with Crippen molar-refractivity contribution >= 4 is 29.1 Å². The number of rotatable bonds is 6. The molecule has 0 aliphatic rings. The van der Waals surface area contributed by atoms with Crippen LogP contribution >= 0.6 is 23.2 Å². The fraction of sp³-hybridized carbons (Fsp3) is 0.158. The van der Waals surface area contributed by atoms with E-state index in [-0.39, 0.29) is 11.6 Å². The highest BCUT2D eigenvalue weighted by atomic mass is 35.5. The Hall–Kier alpha value is -3.31. The number of hydrogen-bond donors (Lipinski definition) is 0. The molecule has 0 N–H and O–H groups in total. The van der Waals surface area contributed by atoms with E-state index in [0.29, 0.717) is 16.8 Å². The van der Waals surface area contributed by atoms with E-state index in [9.17, 15) is 28.1 Å². The lowest BCUT2D eigenvalue weighted by Gasteiger charge is -2.21. The smallest absolute Gasteiger partial charge is 0.436 e. The van der Waals surface area contributed by atoms with E-state index in [0.717, 1.165) is 19.2 Å². The second kappa shape index (κ2) is 8.67. The second-order valence-electron chi connectivity index (χ2n) is 6.41. The fourth-order valence-electron chi connectivity index (χ4n) is 2.52. The number of ether oxygens (including phenoxy) is 2. The summed E-state index contributed by atoms with van der Waals surface area (Å²) in [4.78, 5) is 23.7. The normalized spacial score (nSPS) is 13.3. The van der Waals surface area contributed by atoms with Crippen LogP contribution in [0.25, 0.3) is 0 Å². The average molecular weight is 490 g/mol. The van der Waals surface area contributed by atoms with Gasteiger partial charge >= 0.3 is 17.8 Å². The molecule has 32 heavy (non-hydrogen) atoms. The van der Waals surface area contributed by atoms with Crippen molar-refractivity contribution in [3.8, 4) is 17.4 Å². The van der Waals surface area contributed by atoms with Crippen molar-refractivity contribution in [2.24, 2.45) is 0 Å². The Kier molecular flexibility index (Phi) is 6.33. The predicted octanol–water partition coefficient (Wildman–Crippen LogP) is 5.71. The van der Waals surface area contributed by atoms with Crippen LogP contribution in [0.1, 0.15) is 17.3 Å². The molecular weight excluding hydrogens is 478 g/mol. The lowest BCUT2D eigenvalue weighted by atomic mass is 10.2. The van der Waals surface area contributed by atoms with E-state index in [4.69, 9.17) is 32.7 Å². The van der Waals surface area contributed by atoms with Gasteiger partial charge in [0.2, 0.25) is 5.88 Å². The maximum atomic E-state index is 13.0. The second-order valence-corrected chi connectivity index (χ2v) is 7.22. The molecule has 0 fully saturated rings. The molecule has 0 aliphatic carbocycles. The van der Waals surface area contributed by atoms with Gasteiger partial charge in [0.1, 0.15) is 5.75 Å². The molecule has 1 heterocycles. The summed E-state index contributed by atoms with van der Waals surface area (Å²) in [6.07, 6.45) is -3.62. The Morgan fingerprint density at radius 1 is 1.12 bits per heavy atom. The molecular formula is C19H12Cl2F3N3O5. The third kappa shape index (κ3) is 4.63. The first-order valence-electron chi connectivity index (χ1n) is 8.65. The first-order valence-corrected chi connectivity index (χ1v) is 9.40. The Morgan fingerprint density at radius 3 is 2.25 bits per heavy atom. The van der Waals surface area contributed by atoms with Crippen LogP contribution in [0, 0.1) is 10.1 Å². The molecule has 0 aliphatic heterocycles. The number of benzene rings is 2. The van der Waals surface area contributed by atoms with Gasteiger partial charge in [0.05, 0.1) is 33.7 Å². The lowest BCUT2D eigenvalue weighted by molar-refractivity contribution is -0.589. The molecule has 0 radical (unpaired) electrons. The van der Waals surface area contributed by atoms with Gasteiger partial charge in [-0.05, 0) is 24.3 Å². The lowest BCUT2D eigenvalue weighted by Crippen LogP contribution is -2.51. The van der Waals surface area contributed by atoms with E-state index in [1.807, 2.05) is 0 Å². The number of alkyl halides is 3. The SMILES string of the molecule is CC(Oc1ccccc1)(C(=O)n1nccc1Oc1c(Cl)cc(C(F)(F)F)cc1Cl)[N+](=O)[O-]. The van der Waals surface area contributed by atoms with Crippen LogP contribution in [0.2, 0.25) is 10.0 Å². The number of nitrogens with zero attached hydrogens (tertiary/aromatic N) is 3. The fourth-order valence-corrected chi connectivity index (χ4v) is 3.08. The third-order valence-corrected chi connectivity index (χ3v) is 4.70. The first-order chi connectivity index (χ1) is 14.9. The van der Waals surface area contributed by atoms with Crippen LogP contribution in [-0.4, -0.2) is 26.3 Å². The van der Waals surface area contributed by atoms with Crippen LogP contribution in [0.4, 0.5) is 13.2 Å². The minimum atomic E-state index is -4.70. The van der Waals surface area contributed by atoms with Crippen LogP contribution in [0.15, 0.2) is 54.7 Å². The summed E-state index contributed by atoms with van der Waals surface area (Å²) in [6, 6.07) is 9.90. The minimum absolute atomic E-state index is 0.0449. The summed E-state index contributed by atoms with van der Waals surface area (Å²) in [5.41, 5.74) is -3.72. The van der Waals surface area contributed by atoms with Crippen molar-refractivity contribution in [3.63, 3.8) is 0 Å². The number of carbonyl (C=O) groups is 1. The molecule has 0 amide bonds. The Labute approximate surface area is 188 Å². The summed E-state index contributed by atoms with van der Waals surface area (Å²) in [5, 5.41) is 14.4. The minimum Gasteiger partial charge on any atom is -0.436 e. The average Bonchev–Trinajstić information content (AvgIpc) is 3.18. The molecule has 3 aromatic rings. The monoisotopic (exact) mass is 489 g/mol. The van der Waals surface area contributed by atoms with Gasteiger partial charge in [-0.2, -0.15) is 23.0 Å². The molecule has 8 nitrogen and oxygen atoms in total. The summed E-state index contributed by atoms with van der Waals surface area (Å²) in [6.45, 7) is 0.922. The molecule has 0 spiro atoms. The van der Waals surface area contributed by atoms with Crippen molar-refractivity contribution in [3.05, 3.63) is 80.5 Å². The molecule has 1 aromatic heterocycles. The summed E-state index contributed by atoms with van der Waals surface area (Å²) < 4.78 is 50.0. The van der Waals surface area contributed by atoms with Crippen molar-refractivity contribution in [2.45, 2.75) is 18.8 Å². The summed E-state index contributed by atoms with van der Waals surface area (Å²) in [7, 11) is 0. The Balaban J connectivity index is 1.96. The van der Waals surface area contributed by atoms with Crippen LogP contribution in [0.5, 0.6) is 17.4 Å². The number of halogens is 5. The van der Waals surface area contributed by atoms with Crippen LogP contribution in [0.3, 0.4) is 0 Å². The predicted molar refractivity (Wildman–Crippen MR) is 107 cm³/mol. The van der Waals surface area contributed by atoms with Gasteiger partial charge in [-0.15, -0.1) is 0 Å². The topological polar surface area (TPSA) is 96.5 Å². The van der Waals surface area contributed by atoms with Gasteiger partial charge in [-0.3, -0.25) is 14.9 Å². The van der Waals surface area contributed by atoms with Crippen molar-refractivity contribution in [1.82, 2.24) is 9.78 Å². The van der Waals surface area contributed by atoms with E-state index < -0.39 is 44.1 Å². The standard InChI is InChI=1S/C19H12Cl2F3N3O5/c1-18(27(29)30,32-12-5-3-2-4-6-12)17(28)26-15(7-8-25-26)31-16-13(20)9-11(10-14(16)21)19(22,23)24/h2-10H,1H3. The maximum Gasteiger partial charge on any atom is 0.442 e. The van der Waals surface area contributed by atoms with Gasteiger partial charge in [0.15, 0.2) is 5.75 Å². The zero-order chi connectivity index (χ0) is 23.7. The van der Waals surface area contributed by atoms with Crippen molar-refractivity contribution in [2.75, 3.05) is 0 Å². The van der Waals surface area contributed by atoms with E-state index in [2.05, 4.69) is 5.10 Å². The maximum absolute atomic E-state index is 13.0. The molecule has 1 atom stereocenters. The number of hydrogen-bond acceptors (Lipinski definition) is 6. The highest BCUT2D eigenvalue weighted by Crippen LogP contribution is 2.41. The molecule has 168 valence electrons. The highest BCUT2D eigenvalue weighted by Gasteiger charge is 2.51. The Morgan fingerprint density at radius 2 is 1.72 bits per heavy atom. The number of nitro groups is 1. The Bertz CT molecular complexity index is 1150. The molecule has 13 heteroatoms. The van der Waals surface area contributed by atoms with E-state index in [1.165, 1.54) is 12.1 Å². The largest absolute Gasteiger partial charge is 0.442 e. The van der Waals surface area contributed by atoms with Gasteiger partial charge in [0.25, 0.3) is 0 Å². The molecule has 3 rings (SSSR count). The molecule has 1 unspecified atom stereocenters. The highest BCUT2D eigenvalue weighted by molar-refractivity contribution is 6.37. The quantitative estimate of drug-likeness (QED) is 0.249. The third-order valence-electron chi connectivity index (χ3n) is 4.14. The van der Waals surface area contributed by atoms with E-state index in [1.54, 1.807) is 18.2 Å². The summed E-state index contributed by atoms with van der Waals surface area (Å²) >= 11 is 11.8. The van der Waals surface area contributed by atoms with Crippen molar-refractivity contribution < 1.29 is 32.4 Å². The first kappa shape index (κ1) is 23.4. The number of aromatic nitrogens is 2. The van der Waals surface area contributed by atoms with Gasteiger partial charge in [0, 0.05) is 6.07 Å². The molecule has 0 bridgehead atoms. The molecule has 0 saturated carbocycles. The number of carbonyl (C=O) groups excluding carboxylic acids is 1. The zero-order valence-electron chi connectivity index (χ0n) is 16.0.